The molecule has 4 nitrogen and oxygen atoms in total. The van der Waals surface area contributed by atoms with Crippen LogP contribution in [-0.4, -0.2) is 43.4 Å². The second-order valence-corrected chi connectivity index (χ2v) is 4.38. The van der Waals surface area contributed by atoms with Crippen LogP contribution in [-0.2, 0) is 19.1 Å². The van der Waals surface area contributed by atoms with Gasteiger partial charge in [-0.1, -0.05) is 6.58 Å². The fraction of sp³-hybridized carbons (Fsp3) is 0.667. The molecule has 0 aliphatic rings. The first kappa shape index (κ1) is 20.3. The van der Waals surface area contributed by atoms with E-state index in [0.717, 1.165) is 0 Å². The zero-order chi connectivity index (χ0) is 17.6. The minimum atomic E-state index is -4.64. The van der Waals surface area contributed by atoms with Crippen LogP contribution in [0.25, 0.3) is 0 Å². The van der Waals surface area contributed by atoms with Crippen molar-refractivity contribution < 1.29 is 45.4 Å². The maximum atomic E-state index is 13.2. The van der Waals surface area contributed by atoms with E-state index in [1.165, 1.54) is 6.92 Å². The Morgan fingerprint density at radius 1 is 1.09 bits per heavy atom. The zero-order valence-electron chi connectivity index (χ0n) is 11.5. The van der Waals surface area contributed by atoms with Crippen molar-refractivity contribution in [1.29, 1.82) is 0 Å². The number of hydrogen-bond donors (Lipinski definition) is 0. The third kappa shape index (κ3) is 7.89. The minimum Gasteiger partial charge on any atom is -0.459 e. The molecule has 0 radical (unpaired) electrons. The Labute approximate surface area is 122 Å². The van der Waals surface area contributed by atoms with Gasteiger partial charge in [0.15, 0.2) is 0 Å². The molecule has 0 saturated carbocycles. The van der Waals surface area contributed by atoms with E-state index in [2.05, 4.69) is 16.1 Å². The highest BCUT2D eigenvalue weighted by atomic mass is 19.3. The monoisotopic (exact) mass is 336 g/mol. The van der Waals surface area contributed by atoms with Crippen molar-refractivity contribution in [2.24, 2.45) is 0 Å². The van der Waals surface area contributed by atoms with Gasteiger partial charge < -0.3 is 9.47 Å². The molecule has 22 heavy (non-hydrogen) atoms. The minimum absolute atomic E-state index is 0.0169. The van der Waals surface area contributed by atoms with Crippen LogP contribution in [0.5, 0.6) is 0 Å². The van der Waals surface area contributed by atoms with Gasteiger partial charge in [0.2, 0.25) is 6.43 Å². The molecule has 0 N–H and O–H groups in total. The largest absolute Gasteiger partial charge is 0.459 e. The molecular formula is C12H14F6O4. The first-order valence-electron chi connectivity index (χ1n) is 5.91. The molecule has 0 saturated heterocycles. The molecule has 0 spiro atoms. The predicted octanol–water partition coefficient (Wildman–Crippen LogP) is 2.96. The van der Waals surface area contributed by atoms with Gasteiger partial charge in [0, 0.05) is 5.57 Å². The summed E-state index contributed by atoms with van der Waals surface area (Å²) in [5, 5.41) is 0. The Morgan fingerprint density at radius 2 is 1.59 bits per heavy atom. The summed E-state index contributed by atoms with van der Waals surface area (Å²) in [6.45, 7) is 3.16. The molecule has 0 aliphatic heterocycles. The second kappa shape index (κ2) is 8.04. The van der Waals surface area contributed by atoms with Crippen molar-refractivity contribution in [3.63, 3.8) is 0 Å². The summed E-state index contributed by atoms with van der Waals surface area (Å²) >= 11 is 0. The van der Waals surface area contributed by atoms with Crippen molar-refractivity contribution in [2.75, 3.05) is 13.2 Å². The van der Waals surface area contributed by atoms with E-state index >= 15 is 0 Å². The van der Waals surface area contributed by atoms with E-state index in [4.69, 9.17) is 0 Å². The first-order valence-corrected chi connectivity index (χ1v) is 5.91. The zero-order valence-corrected chi connectivity index (χ0v) is 11.5. The lowest BCUT2D eigenvalue weighted by Gasteiger charge is -2.21. The highest BCUT2D eigenvalue weighted by Crippen LogP contribution is 2.35. The number of alkyl halides is 6. The molecule has 0 aromatic carbocycles. The number of ether oxygens (including phenoxy) is 2. The van der Waals surface area contributed by atoms with Crippen molar-refractivity contribution in [3.8, 4) is 0 Å². The van der Waals surface area contributed by atoms with Gasteiger partial charge >= 0.3 is 17.9 Å². The lowest BCUT2D eigenvalue weighted by molar-refractivity contribution is -0.189. The molecule has 0 unspecified atom stereocenters. The highest BCUT2D eigenvalue weighted by molar-refractivity contribution is 5.86. The lowest BCUT2D eigenvalue weighted by Crippen LogP contribution is -2.38. The van der Waals surface area contributed by atoms with Gasteiger partial charge in [0.05, 0.1) is 12.8 Å². The third-order valence-electron chi connectivity index (χ3n) is 2.13. The summed E-state index contributed by atoms with van der Waals surface area (Å²) in [6.07, 6.45) is -7.98. The van der Waals surface area contributed by atoms with Crippen LogP contribution in [0, 0.1) is 0 Å². The third-order valence-corrected chi connectivity index (χ3v) is 2.13. The van der Waals surface area contributed by atoms with Crippen molar-refractivity contribution in [1.82, 2.24) is 0 Å². The quantitative estimate of drug-likeness (QED) is 0.281. The van der Waals surface area contributed by atoms with Gasteiger partial charge in [0.1, 0.15) is 13.2 Å². The standard InChI is InChI=1S/C12H14F6O4/c1-7(2)9(19)21-3-4-22-10(20)12(17,18)6-11(15,16)5-8(13)14/h8H,1,3-6H2,2H3. The lowest BCUT2D eigenvalue weighted by atomic mass is 10.1. The smallest absolute Gasteiger partial charge is 0.377 e. The van der Waals surface area contributed by atoms with Gasteiger partial charge in [-0.05, 0) is 6.92 Å². The molecule has 0 rings (SSSR count). The Bertz CT molecular complexity index is 422. The summed E-state index contributed by atoms with van der Waals surface area (Å²) in [4.78, 5) is 21.8. The summed E-state index contributed by atoms with van der Waals surface area (Å²) in [6, 6.07) is 0. The van der Waals surface area contributed by atoms with Crippen LogP contribution in [0.2, 0.25) is 0 Å². The molecule has 0 fully saturated rings. The second-order valence-electron chi connectivity index (χ2n) is 4.38. The molecular weight excluding hydrogens is 322 g/mol. The summed E-state index contributed by atoms with van der Waals surface area (Å²) < 4.78 is 84.0. The van der Waals surface area contributed by atoms with E-state index in [9.17, 15) is 35.9 Å². The first-order chi connectivity index (χ1) is 9.87. The SMILES string of the molecule is C=C(C)C(=O)OCCOC(=O)C(F)(F)CC(F)(F)CC(F)F. The molecule has 0 atom stereocenters. The van der Waals surface area contributed by atoms with Crippen molar-refractivity contribution in [2.45, 2.75) is 38.0 Å². The fourth-order valence-corrected chi connectivity index (χ4v) is 1.19. The van der Waals surface area contributed by atoms with Gasteiger partial charge in [-0.2, -0.15) is 8.78 Å². The fourth-order valence-electron chi connectivity index (χ4n) is 1.19. The van der Waals surface area contributed by atoms with Gasteiger partial charge in [0.25, 0.3) is 5.92 Å². The van der Waals surface area contributed by atoms with Crippen molar-refractivity contribution in [3.05, 3.63) is 12.2 Å². The molecule has 0 heterocycles. The molecule has 128 valence electrons. The van der Waals surface area contributed by atoms with Crippen LogP contribution >= 0.6 is 0 Å². The average Bonchev–Trinajstić information content (AvgIpc) is 2.30. The van der Waals surface area contributed by atoms with Crippen LogP contribution in [0.3, 0.4) is 0 Å². The summed E-state index contributed by atoms with van der Waals surface area (Å²) in [5.41, 5.74) is 0.0169. The normalized spacial score (nSPS) is 12.2. The number of hydrogen-bond acceptors (Lipinski definition) is 4. The molecule has 0 aliphatic carbocycles. The molecule has 0 aromatic heterocycles. The van der Waals surface area contributed by atoms with Crippen LogP contribution < -0.4 is 0 Å². The topological polar surface area (TPSA) is 52.6 Å². The number of carbonyl (C=O) groups is 2. The van der Waals surface area contributed by atoms with Crippen LogP contribution in [0.1, 0.15) is 19.8 Å². The van der Waals surface area contributed by atoms with E-state index < -0.39 is 56.3 Å². The molecule has 0 amide bonds. The predicted molar refractivity (Wildman–Crippen MR) is 61.9 cm³/mol. The van der Waals surface area contributed by atoms with Gasteiger partial charge in [-0.15, -0.1) is 0 Å². The number of esters is 2. The Morgan fingerprint density at radius 3 is 2.05 bits per heavy atom. The summed E-state index contributed by atoms with van der Waals surface area (Å²) in [7, 11) is 0. The molecule has 10 heteroatoms. The maximum absolute atomic E-state index is 13.2. The van der Waals surface area contributed by atoms with E-state index in [1.807, 2.05) is 0 Å². The molecule has 0 bridgehead atoms. The number of halogens is 6. The van der Waals surface area contributed by atoms with E-state index in [1.54, 1.807) is 0 Å². The Kier molecular flexibility index (Phi) is 7.41. The van der Waals surface area contributed by atoms with E-state index in [0.29, 0.717) is 0 Å². The van der Waals surface area contributed by atoms with Gasteiger partial charge in [-0.25, -0.2) is 27.2 Å². The average molecular weight is 336 g/mol. The Balaban J connectivity index is 4.33. The Hall–Kier alpha value is -1.74. The number of rotatable bonds is 9. The maximum Gasteiger partial charge on any atom is 0.377 e. The van der Waals surface area contributed by atoms with E-state index in [-0.39, 0.29) is 5.57 Å². The number of carbonyl (C=O) groups excluding carboxylic acids is 2. The highest BCUT2D eigenvalue weighted by Gasteiger charge is 2.50. The van der Waals surface area contributed by atoms with Crippen LogP contribution in [0.15, 0.2) is 12.2 Å². The van der Waals surface area contributed by atoms with Crippen molar-refractivity contribution >= 4 is 11.9 Å². The van der Waals surface area contributed by atoms with Crippen LogP contribution in [0.4, 0.5) is 26.3 Å². The van der Waals surface area contributed by atoms with Gasteiger partial charge in [-0.3, -0.25) is 0 Å². The molecule has 0 aromatic rings. The summed E-state index contributed by atoms with van der Waals surface area (Å²) in [5.74, 6) is -12.2.